The van der Waals surface area contributed by atoms with E-state index >= 15 is 0 Å². The summed E-state index contributed by atoms with van der Waals surface area (Å²) in [4.78, 5) is 20.5. The van der Waals surface area contributed by atoms with Crippen LogP contribution in [0.1, 0.15) is 48.7 Å². The molecule has 0 bridgehead atoms. The summed E-state index contributed by atoms with van der Waals surface area (Å²) in [5.41, 5.74) is 8.01. The molecule has 6 heteroatoms. The molecule has 0 aliphatic carbocycles. The third-order valence-electron chi connectivity index (χ3n) is 6.03. The molecule has 3 aromatic heterocycles. The van der Waals surface area contributed by atoms with Crippen molar-refractivity contribution in [2.75, 3.05) is 18.5 Å². The summed E-state index contributed by atoms with van der Waals surface area (Å²) in [5, 5.41) is 0. The number of hydrogen-bond donors (Lipinski definition) is 0. The number of aryl methyl sites for hydroxylation is 2. The molecule has 0 amide bonds. The fourth-order valence-electron chi connectivity index (χ4n) is 3.87. The number of rotatable bonds is 6. The molecule has 1 aromatic carbocycles. The number of hydrogen-bond acceptors (Lipinski definition) is 5. The number of benzene rings is 1. The Balaban J connectivity index is 1.68. The Morgan fingerprint density at radius 3 is 2.50 bits per heavy atom. The number of imidazole rings is 1. The highest BCUT2D eigenvalue weighted by molar-refractivity contribution is 5.75. The monoisotopic (exact) mass is 428 g/mol. The van der Waals surface area contributed by atoms with Gasteiger partial charge in [0.1, 0.15) is 5.52 Å². The first-order chi connectivity index (χ1) is 15.2. The van der Waals surface area contributed by atoms with Crippen LogP contribution in [0.25, 0.3) is 11.2 Å². The van der Waals surface area contributed by atoms with Crippen LogP contribution in [-0.2, 0) is 25.3 Å². The second kappa shape index (κ2) is 8.69. The molecule has 166 valence electrons. The lowest BCUT2D eigenvalue weighted by atomic mass is 9.84. The van der Waals surface area contributed by atoms with Gasteiger partial charge in [0.2, 0.25) is 5.95 Å². The van der Waals surface area contributed by atoms with Crippen LogP contribution in [0.4, 0.5) is 5.95 Å². The Kier molecular flexibility index (Phi) is 5.96. The van der Waals surface area contributed by atoms with Crippen LogP contribution >= 0.6 is 0 Å². The summed E-state index contributed by atoms with van der Waals surface area (Å²) < 4.78 is 2.02. The summed E-state index contributed by atoms with van der Waals surface area (Å²) in [7, 11) is 4.05. The van der Waals surface area contributed by atoms with Crippen molar-refractivity contribution < 1.29 is 0 Å². The molecule has 0 spiro atoms. The Labute approximate surface area is 190 Å². The molecule has 0 radical (unpaired) electrons. The predicted octanol–water partition coefficient (Wildman–Crippen LogP) is 4.63. The van der Waals surface area contributed by atoms with E-state index in [9.17, 15) is 0 Å². The third kappa shape index (κ3) is 4.64. The van der Waals surface area contributed by atoms with Gasteiger partial charge in [-0.1, -0.05) is 39.0 Å². The minimum atomic E-state index is 0.105. The number of anilines is 1. The van der Waals surface area contributed by atoms with E-state index in [1.54, 1.807) is 0 Å². The highest BCUT2D eigenvalue weighted by atomic mass is 15.2. The normalized spacial score (nSPS) is 11.8. The van der Waals surface area contributed by atoms with Crippen molar-refractivity contribution in [3.63, 3.8) is 0 Å². The minimum Gasteiger partial charge on any atom is -0.343 e. The number of nitrogens with zero attached hydrogens (tertiary/aromatic N) is 6. The Morgan fingerprint density at radius 1 is 1.03 bits per heavy atom. The fourth-order valence-corrected chi connectivity index (χ4v) is 3.87. The van der Waals surface area contributed by atoms with Gasteiger partial charge < -0.3 is 9.47 Å². The molecule has 0 fully saturated rings. The molecule has 0 aliphatic rings. The molecule has 4 rings (SSSR count). The highest BCUT2D eigenvalue weighted by Gasteiger charge is 2.18. The predicted molar refractivity (Wildman–Crippen MR) is 130 cm³/mol. The van der Waals surface area contributed by atoms with Crippen LogP contribution < -0.4 is 4.90 Å². The molecule has 0 N–H and O–H groups in total. The molecule has 3 heterocycles. The maximum absolute atomic E-state index is 5.02. The van der Waals surface area contributed by atoms with Crippen LogP contribution in [0.3, 0.4) is 0 Å². The Morgan fingerprint density at radius 2 is 1.78 bits per heavy atom. The summed E-state index contributed by atoms with van der Waals surface area (Å²) >= 11 is 0. The maximum atomic E-state index is 5.02. The van der Waals surface area contributed by atoms with Crippen LogP contribution in [0.15, 0.2) is 49.1 Å². The van der Waals surface area contributed by atoms with Crippen LogP contribution in [0.2, 0.25) is 0 Å². The van der Waals surface area contributed by atoms with Crippen molar-refractivity contribution in [1.82, 2.24) is 24.5 Å². The van der Waals surface area contributed by atoms with Crippen molar-refractivity contribution in [3.8, 4) is 0 Å². The maximum Gasteiger partial charge on any atom is 0.227 e. The Hall–Kier alpha value is -3.28. The lowest BCUT2D eigenvalue weighted by molar-refractivity contribution is 0.589. The van der Waals surface area contributed by atoms with Gasteiger partial charge in [0.15, 0.2) is 5.65 Å². The lowest BCUT2D eigenvalue weighted by Crippen LogP contribution is -2.23. The van der Waals surface area contributed by atoms with E-state index in [2.05, 4.69) is 60.8 Å². The first-order valence-corrected chi connectivity index (χ1v) is 11.1. The third-order valence-corrected chi connectivity index (χ3v) is 6.03. The van der Waals surface area contributed by atoms with Gasteiger partial charge in [-0.05, 0) is 53.1 Å². The van der Waals surface area contributed by atoms with E-state index in [4.69, 9.17) is 9.97 Å². The molecule has 0 saturated heterocycles. The highest BCUT2D eigenvalue weighted by Crippen LogP contribution is 2.27. The van der Waals surface area contributed by atoms with Crippen molar-refractivity contribution >= 4 is 17.1 Å². The minimum absolute atomic E-state index is 0.105. The van der Waals surface area contributed by atoms with E-state index in [1.807, 2.05) is 49.5 Å². The van der Waals surface area contributed by atoms with Gasteiger partial charge in [0, 0.05) is 39.5 Å². The van der Waals surface area contributed by atoms with E-state index in [1.165, 1.54) is 22.3 Å². The molecule has 4 aromatic rings. The van der Waals surface area contributed by atoms with Gasteiger partial charge in [-0.15, -0.1) is 0 Å². The van der Waals surface area contributed by atoms with Crippen LogP contribution in [0, 0.1) is 6.92 Å². The summed E-state index contributed by atoms with van der Waals surface area (Å²) in [5.74, 6) is 0.713. The molecule has 0 atom stereocenters. The number of likely N-dealkylation sites (N-methyl/N-ethyl adjacent to an activating group) is 1. The van der Waals surface area contributed by atoms with E-state index in [-0.39, 0.29) is 5.41 Å². The quantitative estimate of drug-likeness (QED) is 0.448. The fraction of sp³-hybridized carbons (Fsp3) is 0.385. The van der Waals surface area contributed by atoms with Crippen molar-refractivity contribution in [3.05, 3.63) is 77.0 Å². The zero-order valence-electron chi connectivity index (χ0n) is 19.9. The second-order valence-corrected chi connectivity index (χ2v) is 9.59. The van der Waals surface area contributed by atoms with Gasteiger partial charge in [-0.2, -0.15) is 4.98 Å². The molecule has 6 nitrogen and oxygen atoms in total. The van der Waals surface area contributed by atoms with Crippen LogP contribution in [0.5, 0.6) is 0 Å². The molecule has 0 aliphatic heterocycles. The largest absolute Gasteiger partial charge is 0.343 e. The van der Waals surface area contributed by atoms with Crippen molar-refractivity contribution in [2.24, 2.45) is 7.05 Å². The first-order valence-electron chi connectivity index (χ1n) is 11.1. The van der Waals surface area contributed by atoms with Crippen molar-refractivity contribution in [2.45, 2.75) is 46.0 Å². The Bertz CT molecular complexity index is 1220. The van der Waals surface area contributed by atoms with E-state index in [0.29, 0.717) is 5.95 Å². The SMILES string of the molecule is Cc1ccc(C(C)(C)C)cc1Cc1nc(N(C)CCc2ccncc2)nc2ncn(C)c12. The van der Waals surface area contributed by atoms with Crippen molar-refractivity contribution in [1.29, 1.82) is 0 Å². The van der Waals surface area contributed by atoms with Gasteiger partial charge in [0.05, 0.1) is 12.0 Å². The smallest absolute Gasteiger partial charge is 0.227 e. The average molecular weight is 429 g/mol. The van der Waals surface area contributed by atoms with E-state index < -0.39 is 0 Å². The molecule has 0 unspecified atom stereocenters. The standard InChI is InChI=1S/C26H32N6/c1-18-7-8-21(26(2,3)4)15-20(18)16-22-23-24(28-17-32(23)6)30-25(29-22)31(5)14-11-19-9-12-27-13-10-19/h7-10,12-13,15,17H,11,14,16H2,1-6H3. The number of aromatic nitrogens is 5. The number of fused-ring (bicyclic) bond motifs is 1. The molecular weight excluding hydrogens is 396 g/mol. The van der Waals surface area contributed by atoms with Gasteiger partial charge >= 0.3 is 0 Å². The molecular formula is C26H32N6. The van der Waals surface area contributed by atoms with Gasteiger partial charge in [0.25, 0.3) is 0 Å². The second-order valence-electron chi connectivity index (χ2n) is 9.59. The first kappa shape index (κ1) is 21.9. The average Bonchev–Trinajstić information content (AvgIpc) is 3.14. The summed E-state index contributed by atoms with van der Waals surface area (Å²) in [6, 6.07) is 10.9. The van der Waals surface area contributed by atoms with E-state index in [0.717, 1.165) is 36.2 Å². The topological polar surface area (TPSA) is 59.7 Å². The zero-order chi connectivity index (χ0) is 22.9. The zero-order valence-corrected chi connectivity index (χ0v) is 19.9. The van der Waals surface area contributed by atoms with Gasteiger partial charge in [-0.25, -0.2) is 9.97 Å². The summed E-state index contributed by atoms with van der Waals surface area (Å²) in [6.45, 7) is 9.75. The number of pyridine rings is 1. The molecule has 0 saturated carbocycles. The molecule has 32 heavy (non-hydrogen) atoms. The lowest BCUT2D eigenvalue weighted by Gasteiger charge is -2.21. The van der Waals surface area contributed by atoms with Gasteiger partial charge in [-0.3, -0.25) is 4.98 Å². The summed E-state index contributed by atoms with van der Waals surface area (Å²) in [6.07, 6.45) is 7.14. The van der Waals surface area contributed by atoms with Crippen LogP contribution in [-0.4, -0.2) is 38.1 Å².